The number of rotatable bonds is 7. The van der Waals surface area contributed by atoms with Crippen LogP contribution in [-0.4, -0.2) is 43.7 Å². The van der Waals surface area contributed by atoms with Gasteiger partial charge in [0.25, 0.3) is 0 Å². The Kier molecular flexibility index (Phi) is 6.43. The van der Waals surface area contributed by atoms with Gasteiger partial charge in [-0.2, -0.15) is 0 Å². The van der Waals surface area contributed by atoms with Crippen molar-refractivity contribution in [1.29, 1.82) is 0 Å². The lowest BCUT2D eigenvalue weighted by Crippen LogP contribution is -2.41. The molecule has 114 valence electrons. The summed E-state index contributed by atoms with van der Waals surface area (Å²) >= 11 is 0. The molecule has 0 aliphatic rings. The Balaban J connectivity index is 2.78. The molecule has 0 saturated carbocycles. The summed E-state index contributed by atoms with van der Waals surface area (Å²) in [4.78, 5) is 6.76. The third kappa shape index (κ3) is 4.46. The van der Waals surface area contributed by atoms with Gasteiger partial charge in [0.05, 0.1) is 12.8 Å². The molecule has 0 fully saturated rings. The van der Waals surface area contributed by atoms with Crippen LogP contribution in [0.1, 0.15) is 30.7 Å². The fourth-order valence-corrected chi connectivity index (χ4v) is 2.38. The summed E-state index contributed by atoms with van der Waals surface area (Å²) in [5.41, 5.74) is 3.28. The van der Waals surface area contributed by atoms with Crippen LogP contribution in [-0.2, 0) is 6.54 Å². The average molecular weight is 279 g/mol. The van der Waals surface area contributed by atoms with Crippen LogP contribution in [0.4, 0.5) is 0 Å². The van der Waals surface area contributed by atoms with Gasteiger partial charge in [-0.1, -0.05) is 13.8 Å². The number of nitrogens with one attached hydrogen (secondary N) is 1. The molecule has 0 aromatic carbocycles. The van der Waals surface area contributed by atoms with E-state index in [0.717, 1.165) is 35.7 Å². The summed E-state index contributed by atoms with van der Waals surface area (Å²) in [6, 6.07) is 0.457. The molecular formula is C16H29N3O. The van der Waals surface area contributed by atoms with Crippen LogP contribution in [0.25, 0.3) is 0 Å². The van der Waals surface area contributed by atoms with Crippen molar-refractivity contribution in [3.63, 3.8) is 0 Å². The summed E-state index contributed by atoms with van der Waals surface area (Å²) in [7, 11) is 5.93. The predicted octanol–water partition coefficient (Wildman–Crippen LogP) is 2.38. The maximum absolute atomic E-state index is 5.46. The first-order valence-electron chi connectivity index (χ1n) is 7.24. The molecule has 0 radical (unpaired) electrons. The zero-order chi connectivity index (χ0) is 15.3. The molecule has 20 heavy (non-hydrogen) atoms. The largest absolute Gasteiger partial charge is 0.496 e. The van der Waals surface area contributed by atoms with Crippen molar-refractivity contribution in [2.24, 2.45) is 5.92 Å². The molecule has 1 N–H and O–H groups in total. The molecule has 0 amide bonds. The zero-order valence-corrected chi connectivity index (χ0v) is 13.9. The van der Waals surface area contributed by atoms with E-state index in [1.807, 2.05) is 13.1 Å². The van der Waals surface area contributed by atoms with E-state index in [0.29, 0.717) is 12.0 Å². The molecule has 1 aromatic heterocycles. The summed E-state index contributed by atoms with van der Waals surface area (Å²) < 4.78 is 5.46. The highest BCUT2D eigenvalue weighted by atomic mass is 16.5. The quantitative estimate of drug-likeness (QED) is 0.831. The SMILES string of the molecule is COc1c(C)cnc(CNC(CN(C)C)C(C)C)c1C. The summed E-state index contributed by atoms with van der Waals surface area (Å²) in [6.45, 7) is 10.4. The molecule has 1 atom stereocenters. The molecule has 0 bridgehead atoms. The highest BCUT2D eigenvalue weighted by Crippen LogP contribution is 2.23. The third-order valence-corrected chi connectivity index (χ3v) is 3.65. The lowest BCUT2D eigenvalue weighted by atomic mass is 10.0. The maximum atomic E-state index is 5.46. The molecule has 4 nitrogen and oxygen atoms in total. The fraction of sp³-hybridized carbons (Fsp3) is 0.688. The normalized spacial score (nSPS) is 13.1. The van der Waals surface area contributed by atoms with Crippen molar-refractivity contribution in [1.82, 2.24) is 15.2 Å². The second-order valence-electron chi connectivity index (χ2n) is 6.04. The topological polar surface area (TPSA) is 37.4 Å². The highest BCUT2D eigenvalue weighted by molar-refractivity contribution is 5.40. The first kappa shape index (κ1) is 16.9. The van der Waals surface area contributed by atoms with Crippen LogP contribution >= 0.6 is 0 Å². The maximum Gasteiger partial charge on any atom is 0.128 e. The Bertz CT molecular complexity index is 430. The van der Waals surface area contributed by atoms with Crippen LogP contribution in [0.15, 0.2) is 6.20 Å². The second kappa shape index (κ2) is 7.60. The Morgan fingerprint density at radius 2 is 1.95 bits per heavy atom. The van der Waals surface area contributed by atoms with Crippen LogP contribution in [0.3, 0.4) is 0 Å². The number of pyridine rings is 1. The summed E-state index contributed by atoms with van der Waals surface area (Å²) in [6.07, 6.45) is 1.89. The number of nitrogens with zero attached hydrogens (tertiary/aromatic N) is 2. The monoisotopic (exact) mass is 279 g/mol. The van der Waals surface area contributed by atoms with E-state index in [9.17, 15) is 0 Å². The van der Waals surface area contributed by atoms with Gasteiger partial charge in [0.1, 0.15) is 5.75 Å². The Morgan fingerprint density at radius 3 is 2.45 bits per heavy atom. The first-order valence-corrected chi connectivity index (χ1v) is 7.24. The van der Waals surface area contributed by atoms with Crippen molar-refractivity contribution in [2.45, 2.75) is 40.3 Å². The van der Waals surface area contributed by atoms with E-state index in [4.69, 9.17) is 4.74 Å². The van der Waals surface area contributed by atoms with Crippen molar-refractivity contribution in [3.8, 4) is 5.75 Å². The molecule has 1 aromatic rings. The van der Waals surface area contributed by atoms with Crippen molar-refractivity contribution >= 4 is 0 Å². The number of hydrogen-bond acceptors (Lipinski definition) is 4. The first-order chi connectivity index (χ1) is 9.36. The summed E-state index contributed by atoms with van der Waals surface area (Å²) in [5, 5.41) is 3.62. The zero-order valence-electron chi connectivity index (χ0n) is 13.9. The standard InChI is InChI=1S/C16H29N3O/c1-11(2)15(10-19(5)6)18-9-14-13(4)16(20-7)12(3)8-17-14/h8,11,15,18H,9-10H2,1-7H3. The summed E-state index contributed by atoms with van der Waals surface area (Å²) in [5.74, 6) is 1.54. The van der Waals surface area contributed by atoms with E-state index < -0.39 is 0 Å². The highest BCUT2D eigenvalue weighted by Gasteiger charge is 2.15. The van der Waals surface area contributed by atoms with Crippen LogP contribution in [0, 0.1) is 19.8 Å². The number of ether oxygens (including phenoxy) is 1. The molecule has 1 rings (SSSR count). The lowest BCUT2D eigenvalue weighted by molar-refractivity contribution is 0.287. The molecular weight excluding hydrogens is 250 g/mol. The van der Waals surface area contributed by atoms with Crippen molar-refractivity contribution < 1.29 is 4.74 Å². The van der Waals surface area contributed by atoms with Gasteiger partial charge in [0.15, 0.2) is 0 Å². The predicted molar refractivity (Wildman–Crippen MR) is 84.3 cm³/mol. The van der Waals surface area contributed by atoms with Gasteiger partial charge in [-0.25, -0.2) is 0 Å². The minimum absolute atomic E-state index is 0.457. The Hall–Kier alpha value is -1.13. The minimum Gasteiger partial charge on any atom is -0.496 e. The van der Waals surface area contributed by atoms with Crippen LogP contribution in [0.5, 0.6) is 5.75 Å². The van der Waals surface area contributed by atoms with Gasteiger partial charge in [0, 0.05) is 36.5 Å². The van der Waals surface area contributed by atoms with Crippen LogP contribution in [0.2, 0.25) is 0 Å². The molecule has 1 unspecified atom stereocenters. The van der Waals surface area contributed by atoms with Crippen molar-refractivity contribution in [2.75, 3.05) is 27.7 Å². The fourth-order valence-electron chi connectivity index (χ4n) is 2.38. The molecule has 0 spiro atoms. The van der Waals surface area contributed by atoms with Gasteiger partial charge in [-0.3, -0.25) is 4.98 Å². The molecule has 4 heteroatoms. The van der Waals surface area contributed by atoms with E-state index in [1.165, 1.54) is 0 Å². The van der Waals surface area contributed by atoms with Crippen molar-refractivity contribution in [3.05, 3.63) is 23.0 Å². The van der Waals surface area contributed by atoms with Gasteiger partial charge in [-0.05, 0) is 33.9 Å². The number of hydrogen-bond donors (Lipinski definition) is 1. The van der Waals surface area contributed by atoms with E-state index in [-0.39, 0.29) is 0 Å². The number of methoxy groups -OCH3 is 1. The van der Waals surface area contributed by atoms with Gasteiger partial charge >= 0.3 is 0 Å². The molecule has 0 saturated heterocycles. The van der Waals surface area contributed by atoms with Gasteiger partial charge in [-0.15, -0.1) is 0 Å². The smallest absolute Gasteiger partial charge is 0.128 e. The van der Waals surface area contributed by atoms with E-state index in [2.05, 4.69) is 50.1 Å². The minimum atomic E-state index is 0.457. The second-order valence-corrected chi connectivity index (χ2v) is 6.04. The number of likely N-dealkylation sites (N-methyl/N-ethyl adjacent to an activating group) is 1. The Morgan fingerprint density at radius 1 is 1.30 bits per heavy atom. The van der Waals surface area contributed by atoms with Crippen LogP contribution < -0.4 is 10.1 Å². The van der Waals surface area contributed by atoms with E-state index in [1.54, 1.807) is 7.11 Å². The number of aromatic nitrogens is 1. The lowest BCUT2D eigenvalue weighted by Gasteiger charge is -2.26. The van der Waals surface area contributed by atoms with Gasteiger partial charge in [0.2, 0.25) is 0 Å². The van der Waals surface area contributed by atoms with E-state index >= 15 is 0 Å². The average Bonchev–Trinajstić information content (AvgIpc) is 2.36. The Labute approximate surface area is 123 Å². The number of aryl methyl sites for hydroxylation is 1. The van der Waals surface area contributed by atoms with Gasteiger partial charge < -0.3 is 15.0 Å². The molecule has 1 heterocycles. The third-order valence-electron chi connectivity index (χ3n) is 3.65. The molecule has 0 aliphatic carbocycles. The molecule has 0 aliphatic heterocycles.